The Morgan fingerprint density at radius 1 is 0.319 bits per heavy atom. The van der Waals surface area contributed by atoms with Gasteiger partial charge in [-0.1, -0.05) is 214 Å². The highest BCUT2D eigenvalue weighted by molar-refractivity contribution is 6.18. The first-order chi connectivity index (χ1) is 35.5. The number of hydrogen-bond acceptors (Lipinski definition) is 1. The molecule has 2 nitrogen and oxygen atoms in total. The van der Waals surface area contributed by atoms with Gasteiger partial charge in [0.1, 0.15) is 0 Å². The van der Waals surface area contributed by atoms with Crippen LogP contribution in [-0.4, -0.2) is 4.57 Å². The number of fused-ring (bicyclic) bond motifs is 15. The SMILES string of the molecule is CC1(C)c2ccccc2-c2ccc(-c3ccc(N(c4cccc(-c5ccccc5)c4)c4cccc(-c5ccc6c7c5c5ccccc5n7-c5ccccc5C65c6ccccc6-c6ccccc65)c4)cc3)cc21. The van der Waals surface area contributed by atoms with E-state index in [1.807, 2.05) is 0 Å². The second kappa shape index (κ2) is 15.3. The van der Waals surface area contributed by atoms with E-state index in [1.165, 1.54) is 117 Å². The van der Waals surface area contributed by atoms with Crippen LogP contribution in [0.3, 0.4) is 0 Å². The maximum absolute atomic E-state index is 2.56. The van der Waals surface area contributed by atoms with Crippen LogP contribution < -0.4 is 4.90 Å². The van der Waals surface area contributed by atoms with Crippen molar-refractivity contribution < 1.29 is 0 Å². The normalized spacial score (nSPS) is 13.9. The minimum absolute atomic E-state index is 0.0650. The second-order valence-corrected chi connectivity index (χ2v) is 20.4. The molecule has 1 aromatic heterocycles. The predicted octanol–water partition coefficient (Wildman–Crippen LogP) is 18.2. The summed E-state index contributed by atoms with van der Waals surface area (Å²) in [5, 5.41) is 2.53. The zero-order valence-corrected chi connectivity index (χ0v) is 40.1. The van der Waals surface area contributed by atoms with Crippen LogP contribution in [0.5, 0.6) is 0 Å². The Labute approximate surface area is 420 Å². The number of rotatable bonds is 6. The highest BCUT2D eigenvalue weighted by Crippen LogP contribution is 2.62. The Hall–Kier alpha value is -8.98. The van der Waals surface area contributed by atoms with E-state index in [9.17, 15) is 0 Å². The molecule has 2 aliphatic carbocycles. The Balaban J connectivity index is 0.915. The molecule has 1 aliphatic heterocycles. The van der Waals surface area contributed by atoms with Crippen LogP contribution in [0, 0.1) is 0 Å². The van der Waals surface area contributed by atoms with E-state index in [0.29, 0.717) is 0 Å². The van der Waals surface area contributed by atoms with Crippen molar-refractivity contribution in [3.63, 3.8) is 0 Å². The molecule has 0 N–H and O–H groups in total. The molecule has 11 aromatic carbocycles. The number of hydrogen-bond donors (Lipinski definition) is 0. The molecule has 0 saturated heterocycles. The molecule has 2 heterocycles. The van der Waals surface area contributed by atoms with Crippen molar-refractivity contribution in [3.8, 4) is 61.3 Å². The molecule has 15 rings (SSSR count). The van der Waals surface area contributed by atoms with E-state index >= 15 is 0 Å². The third kappa shape index (κ3) is 5.61. The molecule has 338 valence electrons. The van der Waals surface area contributed by atoms with Gasteiger partial charge in [0.25, 0.3) is 0 Å². The smallest absolute Gasteiger partial charge is 0.0754 e. The predicted molar refractivity (Wildman–Crippen MR) is 300 cm³/mol. The molecule has 0 saturated carbocycles. The highest BCUT2D eigenvalue weighted by Gasteiger charge is 2.51. The molecular weight excluding hydrogens is 869 g/mol. The average Bonchev–Trinajstić information content (AvgIpc) is 4.04. The van der Waals surface area contributed by atoms with Crippen LogP contribution in [0.1, 0.15) is 47.2 Å². The maximum atomic E-state index is 2.56. The van der Waals surface area contributed by atoms with Crippen molar-refractivity contribution in [3.05, 3.63) is 288 Å². The molecule has 0 fully saturated rings. The van der Waals surface area contributed by atoms with Crippen LogP contribution in [-0.2, 0) is 10.8 Å². The first kappa shape index (κ1) is 40.9. The lowest BCUT2D eigenvalue weighted by Crippen LogP contribution is -2.33. The van der Waals surface area contributed by atoms with Gasteiger partial charge in [0.15, 0.2) is 0 Å². The summed E-state index contributed by atoms with van der Waals surface area (Å²) in [7, 11) is 0. The fourth-order valence-electron chi connectivity index (χ4n) is 13.2. The zero-order valence-electron chi connectivity index (χ0n) is 40.1. The van der Waals surface area contributed by atoms with Gasteiger partial charge >= 0.3 is 0 Å². The first-order valence-electron chi connectivity index (χ1n) is 25.3. The fraction of sp³-hybridized carbons (Fsp3) is 0.0571. The summed E-state index contributed by atoms with van der Waals surface area (Å²) in [6.45, 7) is 4.71. The van der Waals surface area contributed by atoms with Crippen LogP contribution in [0.2, 0.25) is 0 Å². The second-order valence-electron chi connectivity index (χ2n) is 20.4. The van der Waals surface area contributed by atoms with E-state index < -0.39 is 5.41 Å². The van der Waals surface area contributed by atoms with Gasteiger partial charge in [0.2, 0.25) is 0 Å². The van der Waals surface area contributed by atoms with Gasteiger partial charge < -0.3 is 9.47 Å². The van der Waals surface area contributed by atoms with Crippen LogP contribution in [0.4, 0.5) is 17.1 Å². The van der Waals surface area contributed by atoms with Crippen molar-refractivity contribution in [1.82, 2.24) is 4.57 Å². The van der Waals surface area contributed by atoms with E-state index in [4.69, 9.17) is 0 Å². The third-order valence-electron chi connectivity index (χ3n) is 16.4. The molecule has 12 aromatic rings. The number of aromatic nitrogens is 1. The van der Waals surface area contributed by atoms with Gasteiger partial charge in [0.05, 0.1) is 22.1 Å². The molecule has 1 spiro atoms. The van der Waals surface area contributed by atoms with E-state index in [2.05, 4.69) is 278 Å². The summed E-state index contributed by atoms with van der Waals surface area (Å²) in [6.07, 6.45) is 0. The zero-order chi connectivity index (χ0) is 47.7. The quantitative estimate of drug-likeness (QED) is 0.161. The highest BCUT2D eigenvalue weighted by atomic mass is 15.1. The summed E-state index contributed by atoms with van der Waals surface area (Å²) < 4.78 is 2.56. The van der Waals surface area contributed by atoms with Gasteiger partial charge in [0, 0.05) is 33.2 Å². The summed E-state index contributed by atoms with van der Waals surface area (Å²) in [6, 6.07) is 95.2. The third-order valence-corrected chi connectivity index (χ3v) is 16.4. The van der Waals surface area contributed by atoms with Crippen molar-refractivity contribution in [1.29, 1.82) is 0 Å². The largest absolute Gasteiger partial charge is 0.310 e. The number of benzene rings is 11. The Kier molecular flexibility index (Phi) is 8.66. The van der Waals surface area contributed by atoms with Crippen molar-refractivity contribution >= 4 is 38.9 Å². The lowest BCUT2D eigenvalue weighted by atomic mass is 9.65. The Bertz CT molecular complexity index is 4140. The van der Waals surface area contributed by atoms with E-state index in [1.54, 1.807) is 0 Å². The van der Waals surface area contributed by atoms with E-state index in [-0.39, 0.29) is 5.41 Å². The molecule has 3 aliphatic rings. The van der Waals surface area contributed by atoms with Gasteiger partial charge in [-0.15, -0.1) is 0 Å². The minimum atomic E-state index is -0.486. The van der Waals surface area contributed by atoms with Crippen LogP contribution in [0.15, 0.2) is 255 Å². The monoisotopic (exact) mass is 916 g/mol. The lowest BCUT2D eigenvalue weighted by Gasteiger charge is -2.39. The molecule has 0 atom stereocenters. The lowest BCUT2D eigenvalue weighted by molar-refractivity contribution is 0.660. The standard InChI is InChI=1S/C70H48N2/c1-69(2)59-28-10-6-24-54(59)57-39-36-48(44-64(57)69)46-34-37-50(38-35-46)71(51-22-16-20-47(42-51)45-18-4-3-5-19-45)52-23-17-21-49(43-52)53-40-41-63-68-67(53)58-27-9-14-32-65(58)72(68)66-33-15-13-31-62(66)70(63)60-29-11-7-25-55(60)56-26-8-12-30-61(56)70/h3-44H,1-2H3. The van der Waals surface area contributed by atoms with Crippen LogP contribution in [0.25, 0.3) is 83.1 Å². The molecular formula is C70H48N2. The van der Waals surface area contributed by atoms with Crippen LogP contribution >= 0.6 is 0 Å². The molecule has 0 unspecified atom stereocenters. The number of para-hydroxylation sites is 2. The summed E-state index contributed by atoms with van der Waals surface area (Å²) >= 11 is 0. The molecule has 0 amide bonds. The Morgan fingerprint density at radius 3 is 1.57 bits per heavy atom. The van der Waals surface area contributed by atoms with Gasteiger partial charge in [-0.25, -0.2) is 0 Å². The summed E-state index contributed by atoms with van der Waals surface area (Å²) in [5.41, 5.74) is 27.1. The Morgan fingerprint density at radius 2 is 0.833 bits per heavy atom. The van der Waals surface area contributed by atoms with Gasteiger partial charge in [-0.05, 0) is 144 Å². The van der Waals surface area contributed by atoms with Crippen molar-refractivity contribution in [2.24, 2.45) is 0 Å². The minimum Gasteiger partial charge on any atom is -0.310 e. The topological polar surface area (TPSA) is 8.17 Å². The molecule has 72 heavy (non-hydrogen) atoms. The number of anilines is 3. The van der Waals surface area contributed by atoms with E-state index in [0.717, 1.165) is 17.1 Å². The van der Waals surface area contributed by atoms with Crippen molar-refractivity contribution in [2.75, 3.05) is 4.90 Å². The maximum Gasteiger partial charge on any atom is 0.0754 e. The molecule has 0 bridgehead atoms. The van der Waals surface area contributed by atoms with Crippen molar-refractivity contribution in [2.45, 2.75) is 24.7 Å². The first-order valence-corrected chi connectivity index (χ1v) is 25.3. The number of nitrogens with zero attached hydrogens (tertiary/aromatic N) is 2. The molecule has 2 heteroatoms. The van der Waals surface area contributed by atoms with Gasteiger partial charge in [-0.2, -0.15) is 0 Å². The summed E-state index contributed by atoms with van der Waals surface area (Å²) in [4.78, 5) is 2.43. The molecule has 0 radical (unpaired) electrons. The van der Waals surface area contributed by atoms with Gasteiger partial charge in [-0.3, -0.25) is 0 Å². The average molecular weight is 917 g/mol. The fourth-order valence-corrected chi connectivity index (χ4v) is 13.2. The summed E-state index contributed by atoms with van der Waals surface area (Å²) in [5.74, 6) is 0.